The number of aromatic carboxylic acids is 1. The second-order valence-corrected chi connectivity index (χ2v) is 8.23. The Morgan fingerprint density at radius 2 is 1.61 bits per heavy atom. The van der Waals surface area contributed by atoms with Crippen LogP contribution in [-0.4, -0.2) is 51.0 Å². The van der Waals surface area contributed by atoms with E-state index < -0.39 is 5.97 Å². The number of fused-ring (bicyclic) bond motifs is 1. The molecule has 1 aliphatic carbocycles. The van der Waals surface area contributed by atoms with E-state index >= 15 is 0 Å². The van der Waals surface area contributed by atoms with E-state index in [1.807, 2.05) is 36.4 Å². The monoisotopic (exact) mass is 417 g/mol. The van der Waals surface area contributed by atoms with Gasteiger partial charge in [-0.3, -0.25) is 0 Å². The van der Waals surface area contributed by atoms with Gasteiger partial charge in [0, 0.05) is 24.8 Å². The molecule has 2 heterocycles. The lowest BCUT2D eigenvalue weighted by Gasteiger charge is -2.21. The minimum atomic E-state index is -1.14. The molecule has 0 bridgehead atoms. The van der Waals surface area contributed by atoms with Crippen LogP contribution >= 0.6 is 0 Å². The van der Waals surface area contributed by atoms with E-state index in [0.29, 0.717) is 24.9 Å². The third kappa shape index (κ3) is 3.79. The van der Waals surface area contributed by atoms with Crippen molar-refractivity contribution in [3.05, 3.63) is 72.6 Å². The Balaban J connectivity index is 1.23. The highest BCUT2D eigenvalue weighted by Crippen LogP contribution is 2.41. The van der Waals surface area contributed by atoms with Gasteiger partial charge in [-0.1, -0.05) is 48.5 Å². The molecule has 0 spiro atoms. The van der Waals surface area contributed by atoms with Gasteiger partial charge in [-0.15, -0.1) is 0 Å². The molecular formula is C24H23N3O4. The highest BCUT2D eigenvalue weighted by atomic mass is 16.5. The number of hydrogen-bond acceptors (Lipinski definition) is 4. The highest BCUT2D eigenvalue weighted by molar-refractivity contribution is 5.86. The first-order valence-electron chi connectivity index (χ1n) is 10.5. The Hall–Kier alpha value is -3.61. The van der Waals surface area contributed by atoms with E-state index in [1.54, 1.807) is 4.90 Å². The first-order valence-corrected chi connectivity index (χ1v) is 10.5. The molecule has 1 saturated heterocycles. The van der Waals surface area contributed by atoms with Gasteiger partial charge in [0.25, 0.3) is 0 Å². The quantitative estimate of drug-likeness (QED) is 0.693. The standard InChI is InChI=1S/C24H23N3O4/c28-23(29)21-10-11-27(25-21)24(30)26-14-17-12-19(13-18(17)15-26)31-22-9-5-4-8-20(22)16-6-2-1-3-7-16/h1-11,17-19H,12-15H2,(H,28,29)/t17-,18+,19+. The summed E-state index contributed by atoms with van der Waals surface area (Å²) in [4.78, 5) is 25.5. The summed E-state index contributed by atoms with van der Waals surface area (Å²) in [5, 5.41) is 12.9. The number of carboxylic acids is 1. The first kappa shape index (κ1) is 19.4. The number of ether oxygens (including phenoxy) is 1. The molecule has 158 valence electrons. The summed E-state index contributed by atoms with van der Waals surface area (Å²) < 4.78 is 7.54. The topological polar surface area (TPSA) is 84.7 Å². The zero-order valence-corrected chi connectivity index (χ0v) is 16.9. The van der Waals surface area contributed by atoms with E-state index in [1.165, 1.54) is 12.3 Å². The maximum absolute atomic E-state index is 12.7. The fourth-order valence-corrected chi connectivity index (χ4v) is 4.79. The number of likely N-dealkylation sites (tertiary alicyclic amines) is 1. The molecule has 2 fully saturated rings. The van der Waals surface area contributed by atoms with Crippen molar-refractivity contribution in [3.63, 3.8) is 0 Å². The van der Waals surface area contributed by atoms with Gasteiger partial charge in [-0.05, 0) is 42.4 Å². The molecule has 1 N–H and O–H groups in total. The van der Waals surface area contributed by atoms with Gasteiger partial charge in [-0.25, -0.2) is 9.59 Å². The first-order chi connectivity index (χ1) is 15.1. The SMILES string of the molecule is O=C(O)c1ccn(C(=O)N2C[C@H]3C[C@H](Oc4ccccc4-c4ccccc4)C[C@H]3C2)n1. The van der Waals surface area contributed by atoms with Crippen molar-refractivity contribution < 1.29 is 19.4 Å². The molecule has 7 heteroatoms. The summed E-state index contributed by atoms with van der Waals surface area (Å²) in [6.45, 7) is 1.29. The van der Waals surface area contributed by atoms with Gasteiger partial charge in [0.15, 0.2) is 5.69 Å². The number of amides is 1. The number of benzene rings is 2. The highest BCUT2D eigenvalue weighted by Gasteiger charge is 2.43. The number of aromatic nitrogens is 2. The van der Waals surface area contributed by atoms with Crippen molar-refractivity contribution in [2.45, 2.75) is 18.9 Å². The Morgan fingerprint density at radius 3 is 2.29 bits per heavy atom. The van der Waals surface area contributed by atoms with Gasteiger partial charge >= 0.3 is 12.0 Å². The Labute approximate surface area is 179 Å². The lowest BCUT2D eigenvalue weighted by atomic mass is 10.0. The number of carbonyl (C=O) groups excluding carboxylic acids is 1. The van der Waals surface area contributed by atoms with E-state index in [4.69, 9.17) is 9.84 Å². The van der Waals surface area contributed by atoms with E-state index in [2.05, 4.69) is 23.3 Å². The smallest absolute Gasteiger partial charge is 0.356 e. The van der Waals surface area contributed by atoms with Gasteiger partial charge in [0.2, 0.25) is 0 Å². The molecule has 0 radical (unpaired) electrons. The van der Waals surface area contributed by atoms with Crippen LogP contribution in [0.25, 0.3) is 11.1 Å². The number of carboxylic acid groups (broad SMARTS) is 1. The summed E-state index contributed by atoms with van der Waals surface area (Å²) >= 11 is 0. The van der Waals surface area contributed by atoms with Crippen molar-refractivity contribution >= 4 is 12.0 Å². The third-order valence-electron chi connectivity index (χ3n) is 6.25. The fourth-order valence-electron chi connectivity index (χ4n) is 4.79. The third-order valence-corrected chi connectivity index (χ3v) is 6.25. The van der Waals surface area contributed by atoms with E-state index in [-0.39, 0.29) is 17.8 Å². The number of hydrogen-bond donors (Lipinski definition) is 1. The van der Waals surface area contributed by atoms with Gasteiger partial charge in [0.1, 0.15) is 5.75 Å². The van der Waals surface area contributed by atoms with Crippen molar-refractivity contribution in [1.29, 1.82) is 0 Å². The molecular weight excluding hydrogens is 394 g/mol. The second-order valence-electron chi connectivity index (χ2n) is 8.23. The molecule has 0 unspecified atom stereocenters. The number of nitrogens with zero attached hydrogens (tertiary/aromatic N) is 3. The zero-order valence-electron chi connectivity index (χ0n) is 16.9. The summed E-state index contributed by atoms with van der Waals surface area (Å²) in [6.07, 6.45) is 3.33. The van der Waals surface area contributed by atoms with Crippen molar-refractivity contribution in [1.82, 2.24) is 14.7 Å². The predicted molar refractivity (Wildman–Crippen MR) is 114 cm³/mol. The largest absolute Gasteiger partial charge is 0.490 e. The molecule has 2 aliphatic rings. The Morgan fingerprint density at radius 1 is 0.935 bits per heavy atom. The van der Waals surface area contributed by atoms with Gasteiger partial charge < -0.3 is 14.7 Å². The lowest BCUT2D eigenvalue weighted by molar-refractivity contribution is 0.0690. The molecule has 3 aromatic rings. The normalized spacial score (nSPS) is 22.3. The van der Waals surface area contributed by atoms with Crippen LogP contribution < -0.4 is 4.74 Å². The van der Waals surface area contributed by atoms with Gasteiger partial charge in [0.05, 0.1) is 6.10 Å². The Kier molecular flexibility index (Phi) is 4.94. The zero-order chi connectivity index (χ0) is 21.4. The van der Waals surface area contributed by atoms with Crippen molar-refractivity contribution in [2.75, 3.05) is 13.1 Å². The summed E-state index contributed by atoms with van der Waals surface area (Å²) in [6, 6.07) is 19.4. The molecule has 7 nitrogen and oxygen atoms in total. The van der Waals surface area contributed by atoms with E-state index in [9.17, 15) is 9.59 Å². The molecule has 3 atom stereocenters. The minimum absolute atomic E-state index is 0.125. The lowest BCUT2D eigenvalue weighted by Crippen LogP contribution is -2.34. The Bertz CT molecular complexity index is 1100. The molecule has 1 amide bonds. The molecule has 1 saturated carbocycles. The van der Waals surface area contributed by atoms with Crippen LogP contribution in [0.5, 0.6) is 5.75 Å². The maximum atomic E-state index is 12.7. The number of para-hydroxylation sites is 1. The molecule has 1 aromatic heterocycles. The molecule has 2 aromatic carbocycles. The molecule has 31 heavy (non-hydrogen) atoms. The van der Waals surface area contributed by atoms with Crippen LogP contribution in [0.4, 0.5) is 4.79 Å². The van der Waals surface area contributed by atoms with E-state index in [0.717, 1.165) is 34.4 Å². The average molecular weight is 417 g/mol. The summed E-state index contributed by atoms with van der Waals surface area (Å²) in [5.41, 5.74) is 2.09. The average Bonchev–Trinajstić information content (AvgIpc) is 3.49. The van der Waals surface area contributed by atoms with Crippen molar-refractivity contribution in [3.8, 4) is 16.9 Å². The second kappa shape index (κ2) is 7.91. The summed E-state index contributed by atoms with van der Waals surface area (Å²) in [7, 11) is 0. The van der Waals surface area contributed by atoms with Gasteiger partial charge in [-0.2, -0.15) is 9.78 Å². The van der Waals surface area contributed by atoms with Crippen LogP contribution in [0.1, 0.15) is 23.3 Å². The van der Waals surface area contributed by atoms with Crippen molar-refractivity contribution in [2.24, 2.45) is 11.8 Å². The molecule has 1 aliphatic heterocycles. The predicted octanol–water partition coefficient (Wildman–Crippen LogP) is 4.01. The summed E-state index contributed by atoms with van der Waals surface area (Å²) in [5.74, 6) is 0.518. The van der Waals surface area contributed by atoms with Crippen LogP contribution in [0.3, 0.4) is 0 Å². The van der Waals surface area contributed by atoms with Crippen LogP contribution in [0.2, 0.25) is 0 Å². The van der Waals surface area contributed by atoms with Crippen LogP contribution in [0.15, 0.2) is 66.9 Å². The fraction of sp³-hybridized carbons (Fsp3) is 0.292. The number of carbonyl (C=O) groups is 2. The van der Waals surface area contributed by atoms with Crippen LogP contribution in [-0.2, 0) is 0 Å². The molecule has 5 rings (SSSR count). The number of rotatable bonds is 4. The maximum Gasteiger partial charge on any atom is 0.356 e. The van der Waals surface area contributed by atoms with Crippen LogP contribution in [0, 0.1) is 11.8 Å². The minimum Gasteiger partial charge on any atom is -0.490 e.